The van der Waals surface area contributed by atoms with Crippen LogP contribution in [0.3, 0.4) is 0 Å². The Hall–Kier alpha value is -1.26. The quantitative estimate of drug-likeness (QED) is 0.447. The second-order valence-corrected chi connectivity index (χ2v) is 4.32. The zero-order valence-electron chi connectivity index (χ0n) is 9.19. The molecule has 88 valence electrons. The van der Waals surface area contributed by atoms with Crippen molar-refractivity contribution >= 4 is 5.69 Å². The maximum atomic E-state index is 10.2. The number of anilines is 1. The summed E-state index contributed by atoms with van der Waals surface area (Å²) >= 11 is 0. The highest BCUT2D eigenvalue weighted by Crippen LogP contribution is 2.28. The predicted octanol–water partition coefficient (Wildman–Crippen LogP) is 1.15. The lowest BCUT2D eigenvalue weighted by atomic mass is 9.94. The number of nitrogens with two attached hydrogens (primary N) is 1. The third-order valence-electron chi connectivity index (χ3n) is 3.12. The Morgan fingerprint density at radius 3 is 2.81 bits per heavy atom. The molecule has 0 saturated carbocycles. The Labute approximate surface area is 95.1 Å². The summed E-state index contributed by atoms with van der Waals surface area (Å²) in [6.07, 6.45) is 2.73. The lowest BCUT2D eigenvalue weighted by Crippen LogP contribution is -2.38. The number of aliphatic hydroxyl groups is 1. The van der Waals surface area contributed by atoms with Crippen LogP contribution in [-0.2, 0) is 0 Å². The van der Waals surface area contributed by atoms with Gasteiger partial charge in [0.2, 0.25) is 0 Å². The largest absolute Gasteiger partial charge is 0.506 e. The number of hydrogen-bond acceptors (Lipinski definition) is 4. The average Bonchev–Trinajstić information content (AvgIpc) is 2.33. The van der Waals surface area contributed by atoms with E-state index in [9.17, 15) is 10.2 Å². The first-order valence-electron chi connectivity index (χ1n) is 5.68. The first-order chi connectivity index (χ1) is 7.68. The van der Waals surface area contributed by atoms with Gasteiger partial charge in [0, 0.05) is 6.04 Å². The Kier molecular flexibility index (Phi) is 3.31. The monoisotopic (exact) mass is 222 g/mol. The number of rotatable bonds is 2. The summed E-state index contributed by atoms with van der Waals surface area (Å²) < 4.78 is 0. The Morgan fingerprint density at radius 1 is 1.38 bits per heavy atom. The van der Waals surface area contributed by atoms with Crippen LogP contribution in [0.2, 0.25) is 0 Å². The highest BCUT2D eigenvalue weighted by Gasteiger charge is 2.22. The van der Waals surface area contributed by atoms with Crippen molar-refractivity contribution in [1.29, 1.82) is 0 Å². The maximum absolute atomic E-state index is 10.2. The Bertz CT molecular complexity index is 362. The molecule has 0 aromatic heterocycles. The van der Waals surface area contributed by atoms with Gasteiger partial charge >= 0.3 is 0 Å². The van der Waals surface area contributed by atoms with E-state index in [0.29, 0.717) is 5.69 Å². The van der Waals surface area contributed by atoms with Crippen molar-refractivity contribution in [3.8, 4) is 5.75 Å². The molecule has 1 saturated heterocycles. The van der Waals surface area contributed by atoms with Crippen molar-refractivity contribution in [2.75, 3.05) is 12.3 Å². The minimum absolute atomic E-state index is 0.0625. The number of nitrogens with one attached hydrogen (secondary N) is 1. The minimum Gasteiger partial charge on any atom is -0.506 e. The van der Waals surface area contributed by atoms with E-state index >= 15 is 0 Å². The van der Waals surface area contributed by atoms with Crippen LogP contribution in [0.4, 0.5) is 5.69 Å². The van der Waals surface area contributed by atoms with Crippen molar-refractivity contribution in [2.24, 2.45) is 0 Å². The van der Waals surface area contributed by atoms with Gasteiger partial charge in [0.05, 0.1) is 11.8 Å². The zero-order chi connectivity index (χ0) is 11.5. The summed E-state index contributed by atoms with van der Waals surface area (Å²) in [5, 5.41) is 22.8. The fraction of sp³-hybridized carbons (Fsp3) is 0.500. The second kappa shape index (κ2) is 4.72. The molecule has 1 aromatic carbocycles. The molecule has 2 rings (SSSR count). The molecule has 4 heteroatoms. The predicted molar refractivity (Wildman–Crippen MR) is 63.1 cm³/mol. The van der Waals surface area contributed by atoms with Gasteiger partial charge in [-0.2, -0.15) is 0 Å². The van der Waals surface area contributed by atoms with Gasteiger partial charge in [0.15, 0.2) is 0 Å². The summed E-state index contributed by atoms with van der Waals surface area (Å²) in [6, 6.07) is 4.97. The average molecular weight is 222 g/mol. The number of benzene rings is 1. The van der Waals surface area contributed by atoms with Gasteiger partial charge in [-0.1, -0.05) is 12.5 Å². The molecule has 1 fully saturated rings. The number of aliphatic hydroxyl groups excluding tert-OH is 1. The van der Waals surface area contributed by atoms with Crippen molar-refractivity contribution in [1.82, 2.24) is 5.32 Å². The standard InChI is InChI=1S/C12H18N2O2/c13-9-7-8(4-5-11(9)15)12(16)10-3-1-2-6-14-10/h4-5,7,10,12,14-16H,1-3,6,13H2. The van der Waals surface area contributed by atoms with Crippen LogP contribution in [0.25, 0.3) is 0 Å². The van der Waals surface area contributed by atoms with Gasteiger partial charge in [-0.25, -0.2) is 0 Å². The van der Waals surface area contributed by atoms with Crippen LogP contribution in [0.15, 0.2) is 18.2 Å². The Morgan fingerprint density at radius 2 is 2.19 bits per heavy atom. The topological polar surface area (TPSA) is 78.5 Å². The van der Waals surface area contributed by atoms with Gasteiger partial charge in [-0.05, 0) is 37.1 Å². The van der Waals surface area contributed by atoms with E-state index in [1.54, 1.807) is 12.1 Å². The molecular weight excluding hydrogens is 204 g/mol. The molecule has 2 unspecified atom stereocenters. The number of nitrogen functional groups attached to an aromatic ring is 1. The molecule has 0 aliphatic carbocycles. The second-order valence-electron chi connectivity index (χ2n) is 4.32. The van der Waals surface area contributed by atoms with Crippen LogP contribution in [-0.4, -0.2) is 22.8 Å². The van der Waals surface area contributed by atoms with Crippen LogP contribution in [0, 0.1) is 0 Å². The third-order valence-corrected chi connectivity index (χ3v) is 3.12. The van der Waals surface area contributed by atoms with Gasteiger partial charge in [-0.3, -0.25) is 0 Å². The molecule has 0 radical (unpaired) electrons. The smallest absolute Gasteiger partial charge is 0.138 e. The first-order valence-corrected chi connectivity index (χ1v) is 5.68. The van der Waals surface area contributed by atoms with Crippen molar-refractivity contribution in [3.05, 3.63) is 23.8 Å². The Balaban J connectivity index is 2.12. The van der Waals surface area contributed by atoms with Gasteiger partial charge in [0.1, 0.15) is 5.75 Å². The van der Waals surface area contributed by atoms with Crippen molar-refractivity contribution in [3.63, 3.8) is 0 Å². The molecule has 16 heavy (non-hydrogen) atoms. The third kappa shape index (κ3) is 2.28. The summed E-state index contributed by atoms with van der Waals surface area (Å²) in [5.41, 5.74) is 6.68. The summed E-state index contributed by atoms with van der Waals surface area (Å²) in [6.45, 7) is 0.954. The molecule has 0 amide bonds. The van der Waals surface area contributed by atoms with Crippen LogP contribution in [0.5, 0.6) is 5.75 Å². The fourth-order valence-electron chi connectivity index (χ4n) is 2.14. The van der Waals surface area contributed by atoms with Crippen LogP contribution < -0.4 is 11.1 Å². The minimum atomic E-state index is -0.553. The van der Waals surface area contributed by atoms with E-state index in [2.05, 4.69) is 5.32 Å². The normalized spacial score (nSPS) is 22.9. The lowest BCUT2D eigenvalue weighted by Gasteiger charge is -2.28. The number of phenols is 1. The summed E-state index contributed by atoms with van der Waals surface area (Å²) in [7, 11) is 0. The molecule has 0 bridgehead atoms. The van der Waals surface area contributed by atoms with Crippen LogP contribution in [0.1, 0.15) is 30.9 Å². The van der Waals surface area contributed by atoms with Crippen molar-refractivity contribution in [2.45, 2.75) is 31.4 Å². The molecule has 1 aliphatic heterocycles. The lowest BCUT2D eigenvalue weighted by molar-refractivity contribution is 0.114. The number of aromatic hydroxyl groups is 1. The summed E-state index contributed by atoms with van der Waals surface area (Å²) in [4.78, 5) is 0. The zero-order valence-corrected chi connectivity index (χ0v) is 9.19. The summed E-state index contributed by atoms with van der Waals surface area (Å²) in [5.74, 6) is 0.0625. The highest BCUT2D eigenvalue weighted by molar-refractivity contribution is 5.53. The van der Waals surface area contributed by atoms with Gasteiger partial charge in [0.25, 0.3) is 0 Å². The molecule has 1 heterocycles. The van der Waals surface area contributed by atoms with Crippen LogP contribution >= 0.6 is 0 Å². The number of phenolic OH excluding ortho intramolecular Hbond substituents is 1. The number of hydrogen-bond donors (Lipinski definition) is 4. The van der Waals surface area contributed by atoms with E-state index in [0.717, 1.165) is 24.9 Å². The molecule has 1 aromatic rings. The van der Waals surface area contributed by atoms with Gasteiger partial charge < -0.3 is 21.3 Å². The highest BCUT2D eigenvalue weighted by atomic mass is 16.3. The molecule has 2 atom stereocenters. The van der Waals surface area contributed by atoms with E-state index in [4.69, 9.17) is 5.73 Å². The SMILES string of the molecule is Nc1cc(C(O)C2CCCCN2)ccc1O. The molecule has 5 N–H and O–H groups in total. The molecular formula is C12H18N2O2. The van der Waals surface area contributed by atoms with Gasteiger partial charge in [-0.15, -0.1) is 0 Å². The molecule has 0 spiro atoms. The number of piperidine rings is 1. The van der Waals surface area contributed by atoms with E-state index in [-0.39, 0.29) is 11.8 Å². The van der Waals surface area contributed by atoms with E-state index in [1.165, 1.54) is 12.5 Å². The fourth-order valence-corrected chi connectivity index (χ4v) is 2.14. The van der Waals surface area contributed by atoms with Crippen molar-refractivity contribution < 1.29 is 10.2 Å². The molecule has 4 nitrogen and oxygen atoms in total. The first kappa shape index (κ1) is 11.2. The van der Waals surface area contributed by atoms with E-state index in [1.807, 2.05) is 0 Å². The van der Waals surface area contributed by atoms with E-state index < -0.39 is 6.10 Å². The molecule has 1 aliphatic rings. The maximum Gasteiger partial charge on any atom is 0.138 e.